The Bertz CT molecular complexity index is 435. The predicted molar refractivity (Wildman–Crippen MR) is 72.2 cm³/mol. The van der Waals surface area contributed by atoms with Gasteiger partial charge in [0.05, 0.1) is 13.2 Å². The molecular weight excluding hydrogens is 244 g/mol. The molecule has 1 aliphatic heterocycles. The van der Waals surface area contributed by atoms with Gasteiger partial charge in [-0.2, -0.15) is 0 Å². The highest BCUT2D eigenvalue weighted by molar-refractivity contribution is 5.73. The van der Waals surface area contributed by atoms with Crippen molar-refractivity contribution in [2.24, 2.45) is 5.73 Å². The monoisotopic (exact) mass is 264 g/mol. The highest BCUT2D eigenvalue weighted by atomic mass is 16.5. The fraction of sp³-hybridized carbons (Fsp3) is 0.500. The normalized spacial score (nSPS) is 13.9. The molecule has 3 N–H and O–H groups in total. The van der Waals surface area contributed by atoms with Crippen LogP contribution in [0.15, 0.2) is 18.2 Å². The van der Waals surface area contributed by atoms with Crippen molar-refractivity contribution in [2.45, 2.75) is 25.8 Å². The minimum atomic E-state index is -0.252. The molecule has 5 nitrogen and oxygen atoms in total. The van der Waals surface area contributed by atoms with E-state index in [1.165, 1.54) is 0 Å². The summed E-state index contributed by atoms with van der Waals surface area (Å²) in [6.45, 7) is 2.92. The molecule has 0 atom stereocenters. The summed E-state index contributed by atoms with van der Waals surface area (Å²) in [6.07, 6.45) is 2.10. The zero-order chi connectivity index (χ0) is 13.5. The third-order valence-corrected chi connectivity index (χ3v) is 2.92. The van der Waals surface area contributed by atoms with Crippen molar-refractivity contribution in [3.8, 4) is 11.5 Å². The second-order valence-electron chi connectivity index (χ2n) is 4.58. The van der Waals surface area contributed by atoms with Gasteiger partial charge in [0.25, 0.3) is 0 Å². The molecule has 0 saturated carbocycles. The van der Waals surface area contributed by atoms with Gasteiger partial charge in [-0.1, -0.05) is 6.07 Å². The Morgan fingerprint density at radius 3 is 2.84 bits per heavy atom. The fourth-order valence-corrected chi connectivity index (χ4v) is 1.94. The molecule has 1 aliphatic rings. The van der Waals surface area contributed by atoms with E-state index in [0.29, 0.717) is 19.6 Å². The molecule has 1 amide bonds. The average Bonchev–Trinajstić information content (AvgIpc) is 2.62. The average molecular weight is 264 g/mol. The standard InChI is InChI=1S/C14H20N2O3/c15-14(17)3-1-6-16-10-11-4-5-12-13(9-11)19-8-2-7-18-12/h4-5,9,16H,1-3,6-8,10H2,(H2,15,17). The first-order chi connectivity index (χ1) is 9.25. The van der Waals surface area contributed by atoms with E-state index < -0.39 is 0 Å². The lowest BCUT2D eigenvalue weighted by Crippen LogP contribution is -2.18. The van der Waals surface area contributed by atoms with Gasteiger partial charge in [0.2, 0.25) is 5.91 Å². The maximum absolute atomic E-state index is 10.6. The van der Waals surface area contributed by atoms with Gasteiger partial charge in [0.15, 0.2) is 11.5 Å². The van der Waals surface area contributed by atoms with Gasteiger partial charge in [0.1, 0.15) is 0 Å². The van der Waals surface area contributed by atoms with Crippen LogP contribution in [0.25, 0.3) is 0 Å². The van der Waals surface area contributed by atoms with Crippen molar-refractivity contribution in [1.82, 2.24) is 5.32 Å². The third-order valence-electron chi connectivity index (χ3n) is 2.92. The highest BCUT2D eigenvalue weighted by Gasteiger charge is 2.10. The largest absolute Gasteiger partial charge is 0.490 e. The molecule has 5 heteroatoms. The molecule has 104 valence electrons. The van der Waals surface area contributed by atoms with Crippen molar-refractivity contribution in [1.29, 1.82) is 0 Å². The van der Waals surface area contributed by atoms with E-state index in [0.717, 1.165) is 43.0 Å². The van der Waals surface area contributed by atoms with Crippen LogP contribution in [0, 0.1) is 0 Å². The SMILES string of the molecule is NC(=O)CCCNCc1ccc2c(c1)OCCCO2. The summed E-state index contributed by atoms with van der Waals surface area (Å²) in [7, 11) is 0. The van der Waals surface area contributed by atoms with Crippen LogP contribution >= 0.6 is 0 Å². The smallest absolute Gasteiger partial charge is 0.217 e. The van der Waals surface area contributed by atoms with Crippen LogP contribution in [0.3, 0.4) is 0 Å². The van der Waals surface area contributed by atoms with Crippen molar-refractivity contribution >= 4 is 5.91 Å². The van der Waals surface area contributed by atoms with E-state index in [9.17, 15) is 4.79 Å². The van der Waals surface area contributed by atoms with E-state index in [4.69, 9.17) is 15.2 Å². The first-order valence-electron chi connectivity index (χ1n) is 6.63. The molecule has 0 saturated heterocycles. The molecule has 0 unspecified atom stereocenters. The molecule has 1 aromatic rings. The molecule has 0 spiro atoms. The topological polar surface area (TPSA) is 73.6 Å². The molecule has 19 heavy (non-hydrogen) atoms. The summed E-state index contributed by atoms with van der Waals surface area (Å²) in [4.78, 5) is 10.6. The van der Waals surface area contributed by atoms with Crippen LogP contribution in [0.2, 0.25) is 0 Å². The lowest BCUT2D eigenvalue weighted by Gasteiger charge is -2.10. The number of hydrogen-bond donors (Lipinski definition) is 2. The summed E-state index contributed by atoms with van der Waals surface area (Å²) in [5.41, 5.74) is 6.22. The van der Waals surface area contributed by atoms with Gasteiger partial charge in [-0.05, 0) is 30.7 Å². The summed E-state index contributed by atoms with van der Waals surface area (Å²) in [6, 6.07) is 5.97. The zero-order valence-corrected chi connectivity index (χ0v) is 11.0. The molecule has 0 aromatic heterocycles. The minimum absolute atomic E-state index is 0.252. The van der Waals surface area contributed by atoms with Crippen LogP contribution in [-0.4, -0.2) is 25.7 Å². The Morgan fingerprint density at radius 1 is 1.26 bits per heavy atom. The number of nitrogens with two attached hydrogens (primary N) is 1. The van der Waals surface area contributed by atoms with Crippen molar-refractivity contribution in [3.63, 3.8) is 0 Å². The maximum atomic E-state index is 10.6. The second kappa shape index (κ2) is 6.99. The number of ether oxygens (including phenoxy) is 2. The quantitative estimate of drug-likeness (QED) is 0.757. The summed E-state index contributed by atoms with van der Waals surface area (Å²) >= 11 is 0. The Morgan fingerprint density at radius 2 is 2.05 bits per heavy atom. The number of benzene rings is 1. The molecule has 0 bridgehead atoms. The first kappa shape index (κ1) is 13.7. The zero-order valence-electron chi connectivity index (χ0n) is 11.0. The van der Waals surface area contributed by atoms with E-state index in [2.05, 4.69) is 5.32 Å². The number of nitrogens with one attached hydrogen (secondary N) is 1. The number of carbonyl (C=O) groups is 1. The van der Waals surface area contributed by atoms with Crippen LogP contribution in [0.1, 0.15) is 24.8 Å². The van der Waals surface area contributed by atoms with E-state index >= 15 is 0 Å². The maximum Gasteiger partial charge on any atom is 0.217 e. The summed E-state index contributed by atoms with van der Waals surface area (Å²) < 4.78 is 11.2. The van der Waals surface area contributed by atoms with Crippen molar-refractivity contribution < 1.29 is 14.3 Å². The summed E-state index contributed by atoms with van der Waals surface area (Å²) in [5, 5.41) is 3.28. The minimum Gasteiger partial charge on any atom is -0.490 e. The van der Waals surface area contributed by atoms with E-state index in [1.54, 1.807) is 0 Å². The van der Waals surface area contributed by atoms with Gasteiger partial charge in [-0.3, -0.25) is 4.79 Å². The number of hydrogen-bond acceptors (Lipinski definition) is 4. The van der Waals surface area contributed by atoms with Gasteiger partial charge >= 0.3 is 0 Å². The van der Waals surface area contributed by atoms with Gasteiger partial charge in [-0.25, -0.2) is 0 Å². The molecule has 0 aliphatic carbocycles. The second-order valence-corrected chi connectivity index (χ2v) is 4.58. The Kier molecular flexibility index (Phi) is 5.03. The van der Waals surface area contributed by atoms with Crippen LogP contribution in [-0.2, 0) is 11.3 Å². The molecular formula is C14H20N2O3. The number of carbonyl (C=O) groups excluding carboxylic acids is 1. The highest BCUT2D eigenvalue weighted by Crippen LogP contribution is 2.30. The van der Waals surface area contributed by atoms with Gasteiger partial charge in [-0.15, -0.1) is 0 Å². The Hall–Kier alpha value is -1.75. The van der Waals surface area contributed by atoms with Gasteiger partial charge in [0, 0.05) is 19.4 Å². The first-order valence-corrected chi connectivity index (χ1v) is 6.63. The number of amides is 1. The Labute approximate surface area is 113 Å². The third kappa shape index (κ3) is 4.44. The van der Waals surface area contributed by atoms with E-state index in [1.807, 2.05) is 18.2 Å². The fourth-order valence-electron chi connectivity index (χ4n) is 1.94. The molecule has 1 aromatic carbocycles. The van der Waals surface area contributed by atoms with Crippen LogP contribution in [0.4, 0.5) is 0 Å². The van der Waals surface area contributed by atoms with Crippen molar-refractivity contribution in [3.05, 3.63) is 23.8 Å². The van der Waals surface area contributed by atoms with E-state index in [-0.39, 0.29) is 5.91 Å². The van der Waals surface area contributed by atoms with Crippen LogP contribution < -0.4 is 20.5 Å². The van der Waals surface area contributed by atoms with Crippen molar-refractivity contribution in [2.75, 3.05) is 19.8 Å². The number of fused-ring (bicyclic) bond motifs is 1. The lowest BCUT2D eigenvalue weighted by atomic mass is 10.2. The molecule has 1 heterocycles. The number of primary amides is 1. The lowest BCUT2D eigenvalue weighted by molar-refractivity contribution is -0.118. The molecule has 0 fully saturated rings. The predicted octanol–water partition coefficient (Wildman–Crippen LogP) is 1.20. The Balaban J connectivity index is 1.81. The number of rotatable bonds is 6. The molecule has 0 radical (unpaired) electrons. The molecule has 2 rings (SSSR count). The van der Waals surface area contributed by atoms with Gasteiger partial charge < -0.3 is 20.5 Å². The summed E-state index contributed by atoms with van der Waals surface area (Å²) in [5.74, 6) is 1.38. The van der Waals surface area contributed by atoms with Crippen LogP contribution in [0.5, 0.6) is 11.5 Å².